The maximum absolute atomic E-state index is 11.2. The Morgan fingerprint density at radius 1 is 1.77 bits per heavy atom. The standard InChI is InChI=1S/C9H16N2O2/c1-2-13-8(12)11-9-5-7(9)3-4-10-6-9/h7,10H,2-6H2,1H3,(H,11,12). The first-order valence-corrected chi connectivity index (χ1v) is 4.92. The molecule has 1 heterocycles. The smallest absolute Gasteiger partial charge is 0.407 e. The Hall–Kier alpha value is -0.770. The number of hydrogen-bond donors (Lipinski definition) is 2. The molecule has 2 N–H and O–H groups in total. The normalized spacial score (nSPS) is 36.2. The molecule has 2 fully saturated rings. The quantitative estimate of drug-likeness (QED) is 0.656. The highest BCUT2D eigenvalue weighted by Gasteiger charge is 2.56. The van der Waals surface area contributed by atoms with Gasteiger partial charge in [0.1, 0.15) is 0 Å². The van der Waals surface area contributed by atoms with Gasteiger partial charge in [0.25, 0.3) is 0 Å². The second kappa shape index (κ2) is 3.18. The number of nitrogens with one attached hydrogen (secondary N) is 2. The molecule has 2 aliphatic rings. The molecule has 0 aromatic carbocycles. The number of rotatable bonds is 2. The summed E-state index contributed by atoms with van der Waals surface area (Å²) in [6.07, 6.45) is 2.01. The number of ether oxygens (including phenoxy) is 1. The number of hydrogen-bond acceptors (Lipinski definition) is 3. The molecule has 0 aromatic heterocycles. The molecule has 2 unspecified atom stereocenters. The van der Waals surface area contributed by atoms with E-state index in [2.05, 4.69) is 10.6 Å². The molecule has 2 atom stereocenters. The molecule has 1 saturated carbocycles. The van der Waals surface area contributed by atoms with Gasteiger partial charge in [-0.3, -0.25) is 0 Å². The summed E-state index contributed by atoms with van der Waals surface area (Å²) in [7, 11) is 0. The maximum Gasteiger partial charge on any atom is 0.407 e. The van der Waals surface area contributed by atoms with Crippen LogP contribution in [0.4, 0.5) is 4.79 Å². The van der Waals surface area contributed by atoms with Crippen LogP contribution in [0.15, 0.2) is 0 Å². The Morgan fingerprint density at radius 3 is 3.31 bits per heavy atom. The lowest BCUT2D eigenvalue weighted by atomic mass is 10.1. The zero-order valence-corrected chi connectivity index (χ0v) is 7.93. The van der Waals surface area contributed by atoms with E-state index in [0.717, 1.165) is 19.5 Å². The van der Waals surface area contributed by atoms with E-state index in [1.165, 1.54) is 6.42 Å². The number of fused-ring (bicyclic) bond motifs is 1. The van der Waals surface area contributed by atoms with E-state index < -0.39 is 0 Å². The van der Waals surface area contributed by atoms with Crippen molar-refractivity contribution in [3.8, 4) is 0 Å². The van der Waals surface area contributed by atoms with E-state index in [-0.39, 0.29) is 11.6 Å². The molecule has 0 aromatic rings. The molecule has 2 rings (SSSR count). The van der Waals surface area contributed by atoms with Gasteiger partial charge in [-0.05, 0) is 32.2 Å². The van der Waals surface area contributed by atoms with Gasteiger partial charge in [-0.1, -0.05) is 0 Å². The van der Waals surface area contributed by atoms with E-state index in [0.29, 0.717) is 12.5 Å². The third kappa shape index (κ3) is 1.63. The third-order valence-electron chi connectivity index (χ3n) is 2.97. The number of alkyl carbamates (subject to hydrolysis) is 1. The maximum atomic E-state index is 11.2. The van der Waals surface area contributed by atoms with Crippen molar-refractivity contribution in [1.29, 1.82) is 0 Å². The molecule has 4 heteroatoms. The van der Waals surface area contributed by atoms with Crippen molar-refractivity contribution in [2.45, 2.75) is 25.3 Å². The van der Waals surface area contributed by atoms with Crippen molar-refractivity contribution in [2.75, 3.05) is 19.7 Å². The van der Waals surface area contributed by atoms with E-state index >= 15 is 0 Å². The summed E-state index contributed by atoms with van der Waals surface area (Å²) in [6.45, 7) is 4.24. The summed E-state index contributed by atoms with van der Waals surface area (Å²) in [5, 5.41) is 6.24. The Balaban J connectivity index is 1.84. The Labute approximate surface area is 78.0 Å². The predicted octanol–water partition coefficient (Wildman–Crippen LogP) is 0.484. The minimum absolute atomic E-state index is 0.0322. The Kier molecular flexibility index (Phi) is 2.15. The molecule has 1 aliphatic carbocycles. The summed E-state index contributed by atoms with van der Waals surface area (Å²) >= 11 is 0. The second-order valence-corrected chi connectivity index (χ2v) is 3.87. The summed E-state index contributed by atoms with van der Waals surface area (Å²) < 4.78 is 4.86. The largest absolute Gasteiger partial charge is 0.450 e. The van der Waals surface area contributed by atoms with E-state index in [4.69, 9.17) is 4.74 Å². The third-order valence-corrected chi connectivity index (χ3v) is 2.97. The summed E-state index contributed by atoms with van der Waals surface area (Å²) in [5.74, 6) is 0.679. The van der Waals surface area contributed by atoms with Crippen LogP contribution in [0.25, 0.3) is 0 Å². The van der Waals surface area contributed by atoms with Crippen molar-refractivity contribution in [3.63, 3.8) is 0 Å². The van der Waals surface area contributed by atoms with Gasteiger partial charge in [-0.15, -0.1) is 0 Å². The highest BCUT2D eigenvalue weighted by Crippen LogP contribution is 2.47. The van der Waals surface area contributed by atoms with Crippen LogP contribution in [0.5, 0.6) is 0 Å². The van der Waals surface area contributed by atoms with Gasteiger partial charge in [0.2, 0.25) is 0 Å². The fourth-order valence-electron chi connectivity index (χ4n) is 2.13. The van der Waals surface area contributed by atoms with Gasteiger partial charge in [0, 0.05) is 6.54 Å². The topological polar surface area (TPSA) is 50.4 Å². The van der Waals surface area contributed by atoms with Gasteiger partial charge in [0.05, 0.1) is 12.1 Å². The van der Waals surface area contributed by atoms with Crippen molar-refractivity contribution < 1.29 is 9.53 Å². The number of amides is 1. The fraction of sp³-hybridized carbons (Fsp3) is 0.889. The fourth-order valence-corrected chi connectivity index (χ4v) is 2.13. The second-order valence-electron chi connectivity index (χ2n) is 3.87. The molecule has 0 bridgehead atoms. The number of piperidine rings is 1. The van der Waals surface area contributed by atoms with Crippen LogP contribution < -0.4 is 10.6 Å². The summed E-state index contributed by atoms with van der Waals surface area (Å²) in [4.78, 5) is 11.2. The molecule has 1 saturated heterocycles. The van der Waals surface area contributed by atoms with Crippen LogP contribution in [0.2, 0.25) is 0 Å². The Morgan fingerprint density at radius 2 is 2.62 bits per heavy atom. The first-order valence-electron chi connectivity index (χ1n) is 4.92. The zero-order chi connectivity index (χ0) is 9.31. The molecule has 0 radical (unpaired) electrons. The first kappa shape index (κ1) is 8.81. The monoisotopic (exact) mass is 184 g/mol. The van der Waals surface area contributed by atoms with E-state index in [1.54, 1.807) is 0 Å². The average Bonchev–Trinajstić information content (AvgIpc) is 2.78. The molecule has 1 amide bonds. The lowest BCUT2D eigenvalue weighted by Crippen LogP contribution is -2.49. The van der Waals surface area contributed by atoms with Crippen LogP contribution in [-0.2, 0) is 4.74 Å². The lowest BCUT2D eigenvalue weighted by Gasteiger charge is -2.23. The lowest BCUT2D eigenvalue weighted by molar-refractivity contribution is 0.144. The SMILES string of the molecule is CCOC(=O)NC12CNCCC1C2. The van der Waals surface area contributed by atoms with Crippen LogP contribution in [-0.4, -0.2) is 31.3 Å². The highest BCUT2D eigenvalue weighted by atomic mass is 16.5. The first-order chi connectivity index (χ1) is 6.27. The van der Waals surface area contributed by atoms with Crippen LogP contribution in [0.1, 0.15) is 19.8 Å². The number of carbonyl (C=O) groups excluding carboxylic acids is 1. The molecule has 1 aliphatic heterocycles. The molecule has 74 valence electrons. The van der Waals surface area contributed by atoms with Crippen molar-refractivity contribution in [3.05, 3.63) is 0 Å². The minimum atomic E-state index is -0.270. The molecule has 4 nitrogen and oxygen atoms in total. The molecule has 13 heavy (non-hydrogen) atoms. The van der Waals surface area contributed by atoms with E-state index in [9.17, 15) is 4.79 Å². The molecular weight excluding hydrogens is 168 g/mol. The highest BCUT2D eigenvalue weighted by molar-refractivity contribution is 5.69. The zero-order valence-electron chi connectivity index (χ0n) is 7.93. The van der Waals surface area contributed by atoms with Gasteiger partial charge < -0.3 is 15.4 Å². The van der Waals surface area contributed by atoms with Crippen molar-refractivity contribution in [1.82, 2.24) is 10.6 Å². The number of carbonyl (C=O) groups is 1. The average molecular weight is 184 g/mol. The van der Waals surface area contributed by atoms with Gasteiger partial charge in [0.15, 0.2) is 0 Å². The van der Waals surface area contributed by atoms with E-state index in [1.807, 2.05) is 6.92 Å². The summed E-state index contributed by atoms with van der Waals surface area (Å²) in [6, 6.07) is 0. The van der Waals surface area contributed by atoms with Crippen LogP contribution in [0.3, 0.4) is 0 Å². The van der Waals surface area contributed by atoms with Gasteiger partial charge >= 0.3 is 6.09 Å². The van der Waals surface area contributed by atoms with Crippen LogP contribution >= 0.6 is 0 Å². The predicted molar refractivity (Wildman–Crippen MR) is 48.5 cm³/mol. The Bertz CT molecular complexity index is 220. The summed E-state index contributed by atoms with van der Waals surface area (Å²) in [5.41, 5.74) is 0.0322. The van der Waals surface area contributed by atoms with Gasteiger partial charge in [-0.2, -0.15) is 0 Å². The molecule has 0 spiro atoms. The minimum Gasteiger partial charge on any atom is -0.450 e. The van der Waals surface area contributed by atoms with Crippen LogP contribution in [0, 0.1) is 5.92 Å². The van der Waals surface area contributed by atoms with Crippen molar-refractivity contribution >= 4 is 6.09 Å². The van der Waals surface area contributed by atoms with Crippen molar-refractivity contribution in [2.24, 2.45) is 5.92 Å². The van der Waals surface area contributed by atoms with Gasteiger partial charge in [-0.25, -0.2) is 4.79 Å². The molecular formula is C9H16N2O2.